The van der Waals surface area contributed by atoms with E-state index in [1.54, 1.807) is 19.1 Å². The molecule has 0 aliphatic carbocycles. The van der Waals surface area contributed by atoms with Gasteiger partial charge in [-0.1, -0.05) is 6.92 Å². The molecule has 0 bridgehead atoms. The Kier molecular flexibility index (Phi) is 8.72. The Morgan fingerprint density at radius 3 is 2.26 bits per heavy atom. The summed E-state index contributed by atoms with van der Waals surface area (Å²) in [7, 11) is 0. The van der Waals surface area contributed by atoms with Crippen LogP contribution in [0.15, 0.2) is 30.3 Å². The average molecular weight is 438 g/mol. The van der Waals surface area contributed by atoms with E-state index < -0.39 is 41.5 Å². The quantitative estimate of drug-likeness (QED) is 0.559. The standard InChI is InChI=1S/C22H25F3N2O4/c1-4-11-27(13-19(28)26-16-9-8-15(23)20(24)21(16)25)22(29)14-7-10-17(30-5-2)18(12-14)31-6-3/h7-10,12H,4-6,11,13H2,1-3H3,(H,26,28). The number of carbonyl (C=O) groups excluding carboxylic acids is 2. The van der Waals surface area contributed by atoms with Crippen LogP contribution in [0, 0.1) is 17.5 Å². The van der Waals surface area contributed by atoms with Crippen molar-refractivity contribution >= 4 is 17.5 Å². The smallest absolute Gasteiger partial charge is 0.254 e. The third-order valence-electron chi connectivity index (χ3n) is 4.21. The van der Waals surface area contributed by atoms with Crippen molar-refractivity contribution in [3.05, 3.63) is 53.3 Å². The second kappa shape index (κ2) is 11.2. The minimum absolute atomic E-state index is 0.254. The van der Waals surface area contributed by atoms with Crippen molar-refractivity contribution < 1.29 is 32.2 Å². The zero-order valence-corrected chi connectivity index (χ0v) is 17.6. The van der Waals surface area contributed by atoms with E-state index in [0.717, 1.165) is 6.07 Å². The van der Waals surface area contributed by atoms with Crippen molar-refractivity contribution in [1.82, 2.24) is 4.90 Å². The number of anilines is 1. The number of nitrogens with zero attached hydrogens (tertiary/aromatic N) is 1. The number of ether oxygens (including phenoxy) is 2. The van der Waals surface area contributed by atoms with Crippen LogP contribution in [0.1, 0.15) is 37.6 Å². The minimum atomic E-state index is -1.68. The van der Waals surface area contributed by atoms with Crippen molar-refractivity contribution in [3.8, 4) is 11.5 Å². The summed E-state index contributed by atoms with van der Waals surface area (Å²) >= 11 is 0. The molecule has 9 heteroatoms. The van der Waals surface area contributed by atoms with Gasteiger partial charge in [0.25, 0.3) is 5.91 Å². The monoisotopic (exact) mass is 438 g/mol. The summed E-state index contributed by atoms with van der Waals surface area (Å²) in [5.41, 5.74) is -0.223. The number of amides is 2. The number of hydrogen-bond donors (Lipinski definition) is 1. The van der Waals surface area contributed by atoms with Crippen LogP contribution in [0.25, 0.3) is 0 Å². The highest BCUT2D eigenvalue weighted by atomic mass is 19.2. The Hall–Kier alpha value is -3.23. The van der Waals surface area contributed by atoms with Crippen LogP contribution in [0.3, 0.4) is 0 Å². The maximum absolute atomic E-state index is 13.8. The molecule has 0 atom stereocenters. The molecule has 0 aliphatic heterocycles. The molecular weight excluding hydrogens is 413 g/mol. The summed E-state index contributed by atoms with van der Waals surface area (Å²) < 4.78 is 51.3. The van der Waals surface area contributed by atoms with Crippen LogP contribution in [0.4, 0.5) is 18.9 Å². The summed E-state index contributed by atoms with van der Waals surface area (Å²) in [6, 6.07) is 6.33. The normalized spacial score (nSPS) is 10.5. The van der Waals surface area contributed by atoms with Gasteiger partial charge in [0.2, 0.25) is 5.91 Å². The zero-order chi connectivity index (χ0) is 23.0. The maximum atomic E-state index is 13.8. The third kappa shape index (κ3) is 6.13. The van der Waals surface area contributed by atoms with Gasteiger partial charge in [-0.2, -0.15) is 0 Å². The fourth-order valence-electron chi connectivity index (χ4n) is 2.87. The fourth-order valence-corrected chi connectivity index (χ4v) is 2.87. The van der Waals surface area contributed by atoms with E-state index in [1.807, 2.05) is 13.8 Å². The van der Waals surface area contributed by atoms with Crippen molar-refractivity contribution in [2.45, 2.75) is 27.2 Å². The minimum Gasteiger partial charge on any atom is -0.490 e. The largest absolute Gasteiger partial charge is 0.490 e. The lowest BCUT2D eigenvalue weighted by Crippen LogP contribution is -2.38. The lowest BCUT2D eigenvalue weighted by atomic mass is 10.1. The Bertz CT molecular complexity index is 937. The Morgan fingerprint density at radius 2 is 1.61 bits per heavy atom. The van der Waals surface area contributed by atoms with Crippen LogP contribution in [-0.4, -0.2) is 43.0 Å². The first-order valence-corrected chi connectivity index (χ1v) is 9.94. The highest BCUT2D eigenvalue weighted by Gasteiger charge is 2.22. The molecule has 6 nitrogen and oxygen atoms in total. The van der Waals surface area contributed by atoms with E-state index in [4.69, 9.17) is 9.47 Å². The summed E-state index contributed by atoms with van der Waals surface area (Å²) in [6.45, 7) is 6.11. The number of rotatable bonds is 10. The molecule has 2 aromatic rings. The van der Waals surface area contributed by atoms with Gasteiger partial charge in [-0.3, -0.25) is 9.59 Å². The van der Waals surface area contributed by atoms with Gasteiger partial charge in [-0.25, -0.2) is 13.2 Å². The van der Waals surface area contributed by atoms with Gasteiger partial charge >= 0.3 is 0 Å². The van der Waals surface area contributed by atoms with Gasteiger partial charge in [-0.15, -0.1) is 0 Å². The lowest BCUT2D eigenvalue weighted by molar-refractivity contribution is -0.116. The highest BCUT2D eigenvalue weighted by Crippen LogP contribution is 2.29. The summed E-state index contributed by atoms with van der Waals surface area (Å²) in [4.78, 5) is 26.6. The summed E-state index contributed by atoms with van der Waals surface area (Å²) in [5.74, 6) is -4.84. The van der Waals surface area contributed by atoms with Crippen LogP contribution in [0.2, 0.25) is 0 Å². The first kappa shape index (κ1) is 24.0. The van der Waals surface area contributed by atoms with E-state index in [9.17, 15) is 22.8 Å². The van der Waals surface area contributed by atoms with Gasteiger partial charge in [0.1, 0.15) is 6.54 Å². The molecule has 0 aromatic heterocycles. The Balaban J connectivity index is 2.19. The van der Waals surface area contributed by atoms with Gasteiger partial charge in [-0.05, 0) is 50.6 Å². The van der Waals surface area contributed by atoms with Gasteiger partial charge in [0.05, 0.1) is 18.9 Å². The molecule has 2 amide bonds. The zero-order valence-electron chi connectivity index (χ0n) is 17.6. The summed E-state index contributed by atoms with van der Waals surface area (Å²) in [6.07, 6.45) is 0.563. The molecule has 2 aromatic carbocycles. The molecule has 31 heavy (non-hydrogen) atoms. The number of carbonyl (C=O) groups is 2. The number of nitrogens with one attached hydrogen (secondary N) is 1. The topological polar surface area (TPSA) is 67.9 Å². The molecule has 168 valence electrons. The fraction of sp³-hybridized carbons (Fsp3) is 0.364. The molecular formula is C22H25F3N2O4. The molecule has 0 unspecified atom stereocenters. The molecule has 2 rings (SSSR count). The molecule has 0 fully saturated rings. The second-order valence-electron chi connectivity index (χ2n) is 6.53. The third-order valence-corrected chi connectivity index (χ3v) is 4.21. The second-order valence-corrected chi connectivity index (χ2v) is 6.53. The molecule has 0 saturated carbocycles. The molecule has 1 N–H and O–H groups in total. The molecule has 0 aliphatic rings. The van der Waals surface area contributed by atoms with Crippen molar-refractivity contribution in [2.75, 3.05) is 31.6 Å². The van der Waals surface area contributed by atoms with E-state index in [0.29, 0.717) is 37.2 Å². The lowest BCUT2D eigenvalue weighted by Gasteiger charge is -2.22. The van der Waals surface area contributed by atoms with Crippen molar-refractivity contribution in [2.24, 2.45) is 0 Å². The predicted octanol–water partition coefficient (Wildman–Crippen LogP) is 4.39. The van der Waals surface area contributed by atoms with E-state index >= 15 is 0 Å². The Morgan fingerprint density at radius 1 is 0.935 bits per heavy atom. The molecule has 0 heterocycles. The predicted molar refractivity (Wildman–Crippen MR) is 110 cm³/mol. The molecule has 0 radical (unpaired) electrons. The molecule has 0 spiro atoms. The van der Waals surface area contributed by atoms with E-state index in [1.165, 1.54) is 11.0 Å². The van der Waals surface area contributed by atoms with E-state index in [2.05, 4.69) is 5.32 Å². The average Bonchev–Trinajstić information content (AvgIpc) is 2.75. The number of halogens is 3. The van der Waals surface area contributed by atoms with Crippen LogP contribution in [0.5, 0.6) is 11.5 Å². The van der Waals surface area contributed by atoms with E-state index in [-0.39, 0.29) is 12.1 Å². The van der Waals surface area contributed by atoms with Crippen molar-refractivity contribution in [3.63, 3.8) is 0 Å². The SMILES string of the molecule is CCCN(CC(=O)Nc1ccc(F)c(F)c1F)C(=O)c1ccc(OCC)c(OCC)c1. The van der Waals surface area contributed by atoms with Gasteiger partial charge in [0.15, 0.2) is 29.0 Å². The first-order chi connectivity index (χ1) is 14.8. The number of hydrogen-bond acceptors (Lipinski definition) is 4. The maximum Gasteiger partial charge on any atom is 0.254 e. The van der Waals surface area contributed by atoms with Crippen LogP contribution >= 0.6 is 0 Å². The first-order valence-electron chi connectivity index (χ1n) is 9.94. The number of benzene rings is 2. The van der Waals surface area contributed by atoms with Crippen LogP contribution < -0.4 is 14.8 Å². The van der Waals surface area contributed by atoms with Gasteiger partial charge < -0.3 is 19.7 Å². The van der Waals surface area contributed by atoms with Crippen LogP contribution in [-0.2, 0) is 4.79 Å². The molecule has 0 saturated heterocycles. The summed E-state index contributed by atoms with van der Waals surface area (Å²) in [5, 5.41) is 2.17. The highest BCUT2D eigenvalue weighted by molar-refractivity contribution is 5.99. The van der Waals surface area contributed by atoms with Gasteiger partial charge in [0, 0.05) is 12.1 Å². The Labute approximate surface area is 178 Å². The van der Waals surface area contributed by atoms with Crippen molar-refractivity contribution in [1.29, 1.82) is 0 Å².